The van der Waals surface area contributed by atoms with Crippen LogP contribution in [0.3, 0.4) is 0 Å². The monoisotopic (exact) mass is 228 g/mol. The third-order valence-electron chi connectivity index (χ3n) is 3.39. The van der Waals surface area contributed by atoms with E-state index in [1.165, 1.54) is 16.7 Å². The summed E-state index contributed by atoms with van der Waals surface area (Å²) in [5.74, 6) is 0.409. The summed E-state index contributed by atoms with van der Waals surface area (Å²) in [5.41, 5.74) is 12.9. The highest BCUT2D eigenvalue weighted by molar-refractivity contribution is 5.96. The minimum atomic E-state index is 0.409. The molecule has 0 saturated carbocycles. The van der Waals surface area contributed by atoms with E-state index in [1.54, 1.807) is 0 Å². The van der Waals surface area contributed by atoms with E-state index >= 15 is 0 Å². The summed E-state index contributed by atoms with van der Waals surface area (Å²) in [5, 5.41) is 1.12. The highest BCUT2D eigenvalue weighted by Crippen LogP contribution is 2.34. The first-order valence-electron chi connectivity index (χ1n) is 6.09. The number of fused-ring (bicyclic) bond motifs is 1. The van der Waals surface area contributed by atoms with Crippen LogP contribution in [0.25, 0.3) is 10.9 Å². The van der Waals surface area contributed by atoms with Crippen molar-refractivity contribution in [3.63, 3.8) is 0 Å². The predicted octanol–water partition coefficient (Wildman–Crippen LogP) is 3.87. The van der Waals surface area contributed by atoms with Gasteiger partial charge in [-0.1, -0.05) is 26.0 Å². The summed E-state index contributed by atoms with van der Waals surface area (Å²) >= 11 is 0. The molecule has 2 rings (SSSR count). The minimum absolute atomic E-state index is 0.409. The molecule has 0 amide bonds. The fourth-order valence-corrected chi connectivity index (χ4v) is 2.57. The number of hydrogen-bond donors (Lipinski definition) is 1. The molecule has 0 bridgehead atoms. The molecular formula is C15H20N2. The van der Waals surface area contributed by atoms with Crippen LogP contribution in [0.5, 0.6) is 0 Å². The van der Waals surface area contributed by atoms with Gasteiger partial charge in [0.1, 0.15) is 0 Å². The highest BCUT2D eigenvalue weighted by atomic mass is 14.7. The molecule has 0 unspecified atom stereocenters. The van der Waals surface area contributed by atoms with Gasteiger partial charge in [0, 0.05) is 16.8 Å². The van der Waals surface area contributed by atoms with E-state index in [0.29, 0.717) is 5.92 Å². The number of aryl methyl sites for hydroxylation is 3. The number of aromatic nitrogens is 1. The van der Waals surface area contributed by atoms with Crippen LogP contribution in [0.1, 0.15) is 42.1 Å². The second-order valence-corrected chi connectivity index (χ2v) is 5.10. The van der Waals surface area contributed by atoms with Crippen LogP contribution in [-0.4, -0.2) is 4.98 Å². The molecule has 1 aromatic carbocycles. The number of nitrogens with two attached hydrogens (primary N) is 1. The van der Waals surface area contributed by atoms with Gasteiger partial charge in [0.15, 0.2) is 0 Å². The van der Waals surface area contributed by atoms with Crippen LogP contribution in [0, 0.1) is 20.8 Å². The quantitative estimate of drug-likeness (QED) is 0.804. The van der Waals surface area contributed by atoms with E-state index in [-0.39, 0.29) is 0 Å². The van der Waals surface area contributed by atoms with Crippen LogP contribution in [0.2, 0.25) is 0 Å². The average Bonchev–Trinajstić information content (AvgIpc) is 2.22. The number of nitrogens with zero attached hydrogens (tertiary/aromatic N) is 1. The molecule has 1 heterocycles. The average molecular weight is 228 g/mol. The zero-order valence-corrected chi connectivity index (χ0v) is 11.3. The number of rotatable bonds is 1. The summed E-state index contributed by atoms with van der Waals surface area (Å²) in [4.78, 5) is 4.74. The van der Waals surface area contributed by atoms with Gasteiger partial charge in [0.25, 0.3) is 0 Å². The van der Waals surface area contributed by atoms with Crippen LogP contribution in [0.4, 0.5) is 5.69 Å². The first-order chi connectivity index (χ1) is 7.93. The van der Waals surface area contributed by atoms with E-state index in [4.69, 9.17) is 10.7 Å². The number of anilines is 1. The zero-order chi connectivity index (χ0) is 12.7. The molecular weight excluding hydrogens is 208 g/mol. The second kappa shape index (κ2) is 4.02. The first-order valence-corrected chi connectivity index (χ1v) is 6.09. The lowest BCUT2D eigenvalue weighted by Crippen LogP contribution is -2.05. The van der Waals surface area contributed by atoms with E-state index in [9.17, 15) is 0 Å². The van der Waals surface area contributed by atoms with Gasteiger partial charge in [-0.3, -0.25) is 4.98 Å². The van der Waals surface area contributed by atoms with Crippen molar-refractivity contribution >= 4 is 16.6 Å². The van der Waals surface area contributed by atoms with Crippen molar-refractivity contribution in [3.05, 3.63) is 34.5 Å². The van der Waals surface area contributed by atoms with Gasteiger partial charge in [0.05, 0.1) is 5.52 Å². The van der Waals surface area contributed by atoms with Crippen LogP contribution >= 0.6 is 0 Å². The fourth-order valence-electron chi connectivity index (χ4n) is 2.57. The van der Waals surface area contributed by atoms with Gasteiger partial charge in [-0.25, -0.2) is 0 Å². The maximum Gasteiger partial charge on any atom is 0.0757 e. The van der Waals surface area contributed by atoms with Crippen molar-refractivity contribution < 1.29 is 0 Å². The van der Waals surface area contributed by atoms with Gasteiger partial charge < -0.3 is 5.73 Å². The topological polar surface area (TPSA) is 38.9 Å². The molecule has 17 heavy (non-hydrogen) atoms. The highest BCUT2D eigenvalue weighted by Gasteiger charge is 2.15. The third kappa shape index (κ3) is 1.78. The van der Waals surface area contributed by atoms with Crippen molar-refractivity contribution in [2.45, 2.75) is 40.5 Å². The number of hydrogen-bond acceptors (Lipinski definition) is 2. The lowest BCUT2D eigenvalue weighted by atomic mass is 9.94. The molecule has 2 N–H and O–H groups in total. The van der Waals surface area contributed by atoms with Crippen molar-refractivity contribution in [2.24, 2.45) is 0 Å². The van der Waals surface area contributed by atoms with Crippen molar-refractivity contribution in [1.82, 2.24) is 4.98 Å². The Kier molecular flexibility index (Phi) is 2.82. The lowest BCUT2D eigenvalue weighted by molar-refractivity contribution is 0.851. The molecule has 2 aromatic rings. The smallest absolute Gasteiger partial charge is 0.0757 e. The summed E-state index contributed by atoms with van der Waals surface area (Å²) in [6, 6.07) is 4.23. The SMILES string of the molecule is Cc1nc2c(C)ccc(C)c2c(N)c1C(C)C. The number of pyridine rings is 1. The molecule has 90 valence electrons. The largest absolute Gasteiger partial charge is 0.398 e. The third-order valence-corrected chi connectivity index (χ3v) is 3.39. The Labute approximate surface area is 103 Å². The lowest BCUT2D eigenvalue weighted by Gasteiger charge is -2.17. The summed E-state index contributed by atoms with van der Waals surface area (Å²) in [6.45, 7) is 10.6. The van der Waals surface area contributed by atoms with Crippen LogP contribution in [0.15, 0.2) is 12.1 Å². The maximum absolute atomic E-state index is 6.35. The molecule has 0 aliphatic rings. The van der Waals surface area contributed by atoms with Crippen molar-refractivity contribution in [2.75, 3.05) is 5.73 Å². The molecule has 0 aliphatic heterocycles. The van der Waals surface area contributed by atoms with Crippen molar-refractivity contribution in [3.8, 4) is 0 Å². The molecule has 2 heteroatoms. The van der Waals surface area contributed by atoms with Crippen molar-refractivity contribution in [1.29, 1.82) is 0 Å². The van der Waals surface area contributed by atoms with E-state index in [0.717, 1.165) is 22.3 Å². The Bertz CT molecular complexity index is 583. The first kappa shape index (κ1) is 11.9. The molecule has 0 saturated heterocycles. The molecule has 0 fully saturated rings. The summed E-state index contributed by atoms with van der Waals surface area (Å²) in [6.07, 6.45) is 0. The standard InChI is InChI=1S/C15H20N2/c1-8(2)12-11(5)17-15-10(4)7-6-9(3)13(15)14(12)16/h6-8H,1-5H3,(H2,16,17). The van der Waals surface area contributed by atoms with Gasteiger partial charge in [0.2, 0.25) is 0 Å². The number of benzene rings is 1. The molecule has 2 nitrogen and oxygen atoms in total. The Hall–Kier alpha value is -1.57. The van der Waals surface area contributed by atoms with Gasteiger partial charge in [-0.05, 0) is 43.4 Å². The maximum atomic E-state index is 6.35. The van der Waals surface area contributed by atoms with Gasteiger partial charge >= 0.3 is 0 Å². The van der Waals surface area contributed by atoms with Gasteiger partial charge in [-0.2, -0.15) is 0 Å². The second-order valence-electron chi connectivity index (χ2n) is 5.10. The predicted molar refractivity (Wildman–Crippen MR) is 74.5 cm³/mol. The minimum Gasteiger partial charge on any atom is -0.398 e. The number of nitrogen functional groups attached to an aromatic ring is 1. The molecule has 1 aromatic heterocycles. The van der Waals surface area contributed by atoms with E-state index in [1.807, 2.05) is 6.92 Å². The van der Waals surface area contributed by atoms with Gasteiger partial charge in [-0.15, -0.1) is 0 Å². The summed E-state index contributed by atoms with van der Waals surface area (Å²) in [7, 11) is 0. The normalized spacial score (nSPS) is 11.4. The Morgan fingerprint density at radius 3 is 2.24 bits per heavy atom. The van der Waals surface area contributed by atoms with E-state index < -0.39 is 0 Å². The van der Waals surface area contributed by atoms with Crippen LogP contribution < -0.4 is 5.73 Å². The Morgan fingerprint density at radius 1 is 1.06 bits per heavy atom. The summed E-state index contributed by atoms with van der Waals surface area (Å²) < 4.78 is 0. The zero-order valence-electron chi connectivity index (χ0n) is 11.3. The molecule has 0 radical (unpaired) electrons. The molecule has 0 atom stereocenters. The Morgan fingerprint density at radius 2 is 1.65 bits per heavy atom. The van der Waals surface area contributed by atoms with E-state index in [2.05, 4.69) is 39.8 Å². The van der Waals surface area contributed by atoms with Crippen LogP contribution in [-0.2, 0) is 0 Å². The molecule has 0 aliphatic carbocycles. The Balaban J connectivity index is 2.97. The fraction of sp³-hybridized carbons (Fsp3) is 0.400. The molecule has 0 spiro atoms.